The Labute approximate surface area is 189 Å². The SMILES string of the molecule is COc1cccc(C(CNC(=S)NCCCN(C)C)c2c[nH]c3ccccc23)c1OC. The minimum atomic E-state index is 0.0164. The molecule has 0 aliphatic heterocycles. The maximum Gasteiger partial charge on any atom is 0.166 e. The van der Waals surface area contributed by atoms with E-state index < -0.39 is 0 Å². The number of H-pyrrole nitrogens is 1. The highest BCUT2D eigenvalue weighted by atomic mass is 32.1. The Hall–Kier alpha value is -2.77. The molecule has 1 unspecified atom stereocenters. The van der Waals surface area contributed by atoms with Gasteiger partial charge in [-0.25, -0.2) is 0 Å². The lowest BCUT2D eigenvalue weighted by Crippen LogP contribution is -2.38. The van der Waals surface area contributed by atoms with Gasteiger partial charge >= 0.3 is 0 Å². The maximum absolute atomic E-state index is 5.75. The Morgan fingerprint density at radius 2 is 1.84 bits per heavy atom. The molecule has 0 saturated heterocycles. The lowest BCUT2D eigenvalue weighted by Gasteiger charge is -2.23. The first-order chi connectivity index (χ1) is 15.0. The number of ether oxygens (including phenoxy) is 2. The van der Waals surface area contributed by atoms with Gasteiger partial charge in [-0.15, -0.1) is 0 Å². The molecule has 7 heteroatoms. The van der Waals surface area contributed by atoms with E-state index in [0.29, 0.717) is 17.4 Å². The molecule has 31 heavy (non-hydrogen) atoms. The van der Waals surface area contributed by atoms with Crippen molar-refractivity contribution in [1.82, 2.24) is 20.5 Å². The zero-order valence-electron chi connectivity index (χ0n) is 18.7. The number of rotatable bonds is 10. The lowest BCUT2D eigenvalue weighted by molar-refractivity contribution is 0.350. The Morgan fingerprint density at radius 1 is 1.03 bits per heavy atom. The standard InChI is InChI=1S/C24H32N4O2S/c1-28(2)14-8-13-25-24(31)27-16-20(18-10-7-12-22(29-3)23(18)30-4)19-15-26-21-11-6-5-9-17(19)21/h5-7,9-12,15,20,26H,8,13-14,16H2,1-4H3,(H2,25,27,31). The zero-order chi connectivity index (χ0) is 22.2. The fraction of sp³-hybridized carbons (Fsp3) is 0.375. The van der Waals surface area contributed by atoms with Crippen LogP contribution in [0.3, 0.4) is 0 Å². The molecule has 3 N–H and O–H groups in total. The van der Waals surface area contributed by atoms with Crippen LogP contribution in [0.2, 0.25) is 0 Å². The Bertz CT molecular complexity index is 1000. The molecule has 0 radical (unpaired) electrons. The van der Waals surface area contributed by atoms with Gasteiger partial charge in [0.2, 0.25) is 0 Å². The number of para-hydroxylation sites is 2. The van der Waals surface area contributed by atoms with Crippen molar-refractivity contribution in [3.63, 3.8) is 0 Å². The predicted octanol–water partition coefficient (Wildman–Crippen LogP) is 3.73. The van der Waals surface area contributed by atoms with Gasteiger partial charge in [0.05, 0.1) is 14.2 Å². The highest BCUT2D eigenvalue weighted by molar-refractivity contribution is 7.80. The van der Waals surface area contributed by atoms with Crippen molar-refractivity contribution in [2.45, 2.75) is 12.3 Å². The largest absolute Gasteiger partial charge is 0.493 e. The van der Waals surface area contributed by atoms with E-state index in [0.717, 1.165) is 36.3 Å². The van der Waals surface area contributed by atoms with Crippen LogP contribution in [0.4, 0.5) is 0 Å². The molecule has 1 aromatic heterocycles. The Balaban J connectivity index is 1.85. The average Bonchev–Trinajstić information content (AvgIpc) is 3.20. The van der Waals surface area contributed by atoms with Gasteiger partial charge in [-0.1, -0.05) is 30.3 Å². The summed E-state index contributed by atoms with van der Waals surface area (Å²) in [5, 5.41) is 8.56. The van der Waals surface area contributed by atoms with Gasteiger partial charge in [0, 0.05) is 41.7 Å². The number of nitrogens with one attached hydrogen (secondary N) is 3. The van der Waals surface area contributed by atoms with E-state index in [9.17, 15) is 0 Å². The fourth-order valence-corrected chi connectivity index (χ4v) is 4.00. The van der Waals surface area contributed by atoms with Gasteiger partial charge in [0.15, 0.2) is 16.6 Å². The van der Waals surface area contributed by atoms with Crippen molar-refractivity contribution < 1.29 is 9.47 Å². The molecular weight excluding hydrogens is 408 g/mol. The van der Waals surface area contributed by atoms with E-state index in [1.165, 1.54) is 10.9 Å². The van der Waals surface area contributed by atoms with Crippen molar-refractivity contribution in [2.75, 3.05) is 47.9 Å². The Kier molecular flexibility index (Phi) is 8.14. The molecule has 2 aromatic carbocycles. The summed E-state index contributed by atoms with van der Waals surface area (Å²) in [5.41, 5.74) is 3.34. The molecule has 0 bridgehead atoms. The number of aromatic amines is 1. The maximum atomic E-state index is 5.75. The second-order valence-electron chi connectivity index (χ2n) is 7.72. The van der Waals surface area contributed by atoms with E-state index in [1.807, 2.05) is 18.2 Å². The first-order valence-electron chi connectivity index (χ1n) is 10.5. The smallest absolute Gasteiger partial charge is 0.166 e. The molecule has 0 fully saturated rings. The summed E-state index contributed by atoms with van der Waals surface area (Å²) in [5.74, 6) is 1.48. The zero-order valence-corrected chi connectivity index (χ0v) is 19.5. The molecule has 0 aliphatic rings. The first-order valence-corrected chi connectivity index (χ1v) is 10.9. The molecule has 0 aliphatic carbocycles. The second kappa shape index (κ2) is 11.0. The summed E-state index contributed by atoms with van der Waals surface area (Å²) in [6, 6.07) is 14.3. The molecule has 3 rings (SSSR count). The fourth-order valence-electron chi connectivity index (χ4n) is 3.81. The number of aromatic nitrogens is 1. The summed E-state index contributed by atoms with van der Waals surface area (Å²) in [6.07, 6.45) is 3.11. The number of benzene rings is 2. The lowest BCUT2D eigenvalue weighted by atomic mass is 9.90. The summed E-state index contributed by atoms with van der Waals surface area (Å²) < 4.78 is 11.3. The van der Waals surface area contributed by atoms with Crippen LogP contribution in [0.25, 0.3) is 10.9 Å². The van der Waals surface area contributed by atoms with E-state index >= 15 is 0 Å². The summed E-state index contributed by atoms with van der Waals surface area (Å²) >= 11 is 5.54. The normalized spacial score (nSPS) is 12.0. The number of hydrogen-bond donors (Lipinski definition) is 3. The van der Waals surface area contributed by atoms with E-state index in [4.69, 9.17) is 21.7 Å². The third-order valence-electron chi connectivity index (χ3n) is 5.34. The van der Waals surface area contributed by atoms with Gasteiger partial charge in [-0.2, -0.15) is 0 Å². The highest BCUT2D eigenvalue weighted by Crippen LogP contribution is 2.40. The van der Waals surface area contributed by atoms with Gasteiger partial charge in [0.25, 0.3) is 0 Å². The van der Waals surface area contributed by atoms with Crippen LogP contribution in [0, 0.1) is 0 Å². The topological polar surface area (TPSA) is 61.5 Å². The molecule has 0 spiro atoms. The van der Waals surface area contributed by atoms with Crippen LogP contribution >= 0.6 is 12.2 Å². The molecule has 0 amide bonds. The second-order valence-corrected chi connectivity index (χ2v) is 8.13. The van der Waals surface area contributed by atoms with Crippen LogP contribution < -0.4 is 20.1 Å². The van der Waals surface area contributed by atoms with Crippen molar-refractivity contribution in [1.29, 1.82) is 0 Å². The number of nitrogens with zero attached hydrogens (tertiary/aromatic N) is 1. The number of methoxy groups -OCH3 is 2. The summed E-state index contributed by atoms with van der Waals surface area (Å²) in [4.78, 5) is 5.56. The monoisotopic (exact) mass is 440 g/mol. The third-order valence-corrected chi connectivity index (χ3v) is 5.63. The predicted molar refractivity (Wildman–Crippen MR) is 131 cm³/mol. The molecular formula is C24H32N4O2S. The van der Waals surface area contributed by atoms with Gasteiger partial charge in [0.1, 0.15) is 0 Å². The molecule has 1 heterocycles. The van der Waals surface area contributed by atoms with Crippen LogP contribution in [0.1, 0.15) is 23.5 Å². The van der Waals surface area contributed by atoms with E-state index in [2.05, 4.69) is 65.1 Å². The van der Waals surface area contributed by atoms with E-state index in [-0.39, 0.29) is 5.92 Å². The Morgan fingerprint density at radius 3 is 2.58 bits per heavy atom. The molecule has 166 valence electrons. The van der Waals surface area contributed by atoms with Crippen molar-refractivity contribution >= 4 is 28.2 Å². The van der Waals surface area contributed by atoms with Crippen molar-refractivity contribution in [3.05, 3.63) is 59.8 Å². The number of fused-ring (bicyclic) bond motifs is 1. The van der Waals surface area contributed by atoms with Gasteiger partial charge in [-0.05, 0) is 57.0 Å². The molecule has 3 aromatic rings. The quantitative estimate of drug-likeness (QED) is 0.330. The van der Waals surface area contributed by atoms with Crippen LogP contribution in [-0.4, -0.2) is 62.9 Å². The van der Waals surface area contributed by atoms with Crippen LogP contribution in [0.5, 0.6) is 11.5 Å². The van der Waals surface area contributed by atoms with Crippen molar-refractivity contribution in [2.24, 2.45) is 0 Å². The molecule has 6 nitrogen and oxygen atoms in total. The average molecular weight is 441 g/mol. The van der Waals surface area contributed by atoms with E-state index in [1.54, 1.807) is 14.2 Å². The van der Waals surface area contributed by atoms with Crippen LogP contribution in [-0.2, 0) is 0 Å². The molecule has 0 saturated carbocycles. The number of thiocarbonyl (C=S) groups is 1. The third kappa shape index (κ3) is 5.68. The summed E-state index contributed by atoms with van der Waals surface area (Å²) in [7, 11) is 7.49. The van der Waals surface area contributed by atoms with Crippen molar-refractivity contribution in [3.8, 4) is 11.5 Å². The van der Waals surface area contributed by atoms with Gasteiger partial charge < -0.3 is 30.0 Å². The van der Waals surface area contributed by atoms with Crippen LogP contribution in [0.15, 0.2) is 48.7 Å². The minimum absolute atomic E-state index is 0.0164. The highest BCUT2D eigenvalue weighted by Gasteiger charge is 2.23. The first kappa shape index (κ1) is 22.9. The summed E-state index contributed by atoms with van der Waals surface area (Å²) in [6.45, 7) is 2.49. The minimum Gasteiger partial charge on any atom is -0.493 e. The molecule has 1 atom stereocenters. The van der Waals surface area contributed by atoms with Gasteiger partial charge in [-0.3, -0.25) is 0 Å². The number of hydrogen-bond acceptors (Lipinski definition) is 4.